The van der Waals surface area contributed by atoms with Gasteiger partial charge in [-0.05, 0) is 6.42 Å². The molecule has 1 atom stereocenters. The van der Waals surface area contributed by atoms with E-state index < -0.39 is 9.84 Å². The highest BCUT2D eigenvalue weighted by Gasteiger charge is 2.30. The van der Waals surface area contributed by atoms with Crippen LogP contribution >= 0.6 is 11.3 Å². The van der Waals surface area contributed by atoms with Crippen molar-refractivity contribution in [1.82, 2.24) is 10.3 Å². The van der Waals surface area contributed by atoms with Crippen molar-refractivity contribution in [2.45, 2.75) is 12.5 Å². The van der Waals surface area contributed by atoms with Gasteiger partial charge in [0.25, 0.3) is 5.91 Å². The number of nitrogens with zero attached hydrogens (tertiary/aromatic N) is 1. The van der Waals surface area contributed by atoms with Crippen LogP contribution in [0, 0.1) is 0 Å². The van der Waals surface area contributed by atoms with Crippen LogP contribution in [0.5, 0.6) is 0 Å². The van der Waals surface area contributed by atoms with Crippen molar-refractivity contribution in [3.05, 3.63) is 65.5 Å². The van der Waals surface area contributed by atoms with Crippen LogP contribution in [-0.4, -0.2) is 36.9 Å². The number of sulfone groups is 1. The van der Waals surface area contributed by atoms with Gasteiger partial charge in [-0.3, -0.25) is 4.79 Å². The number of thiazole rings is 1. The van der Waals surface area contributed by atoms with E-state index in [0.717, 1.165) is 16.1 Å². The maximum absolute atomic E-state index is 12.9. The minimum Gasteiger partial charge on any atom is -0.347 e. The van der Waals surface area contributed by atoms with E-state index in [1.165, 1.54) is 11.3 Å². The second-order valence-corrected chi connectivity index (χ2v) is 9.73. The van der Waals surface area contributed by atoms with Crippen molar-refractivity contribution in [2.24, 2.45) is 0 Å². The van der Waals surface area contributed by atoms with Crippen LogP contribution in [0.2, 0.25) is 0 Å². The van der Waals surface area contributed by atoms with E-state index in [1.54, 1.807) is 0 Å². The Kier molecular flexibility index (Phi) is 4.80. The fourth-order valence-electron chi connectivity index (χ4n) is 3.13. The first-order chi connectivity index (χ1) is 13.0. The molecule has 1 amide bonds. The third-order valence-electron chi connectivity index (χ3n) is 4.47. The molecule has 1 aliphatic heterocycles. The maximum atomic E-state index is 12.9. The topological polar surface area (TPSA) is 76.1 Å². The zero-order valence-electron chi connectivity index (χ0n) is 14.5. The molecule has 5 nitrogen and oxygen atoms in total. The van der Waals surface area contributed by atoms with E-state index >= 15 is 0 Å². The summed E-state index contributed by atoms with van der Waals surface area (Å²) >= 11 is 1.33. The lowest BCUT2D eigenvalue weighted by Gasteiger charge is -2.10. The highest BCUT2D eigenvalue weighted by Crippen LogP contribution is 2.34. The van der Waals surface area contributed by atoms with Crippen LogP contribution in [0.4, 0.5) is 0 Å². The van der Waals surface area contributed by atoms with Gasteiger partial charge in [-0.1, -0.05) is 60.7 Å². The van der Waals surface area contributed by atoms with Crippen LogP contribution in [0.1, 0.15) is 16.1 Å². The molecule has 0 saturated carbocycles. The van der Waals surface area contributed by atoms with E-state index in [4.69, 9.17) is 4.98 Å². The van der Waals surface area contributed by atoms with Crippen LogP contribution < -0.4 is 5.32 Å². The molecule has 0 aliphatic carbocycles. The summed E-state index contributed by atoms with van der Waals surface area (Å²) in [4.78, 5) is 18.1. The first-order valence-corrected chi connectivity index (χ1v) is 11.3. The van der Waals surface area contributed by atoms with Crippen molar-refractivity contribution < 1.29 is 13.2 Å². The molecule has 138 valence electrons. The number of benzene rings is 2. The molecule has 4 rings (SSSR count). The van der Waals surface area contributed by atoms with Crippen molar-refractivity contribution in [1.29, 1.82) is 0 Å². The predicted molar refractivity (Wildman–Crippen MR) is 108 cm³/mol. The Bertz CT molecular complexity index is 1060. The smallest absolute Gasteiger partial charge is 0.263 e. The van der Waals surface area contributed by atoms with Gasteiger partial charge in [-0.15, -0.1) is 11.3 Å². The summed E-state index contributed by atoms with van der Waals surface area (Å²) in [6, 6.07) is 18.9. The number of carbonyl (C=O) groups excluding carboxylic acids is 1. The standard InChI is InChI=1S/C20H18N2O3S2/c23-19(21-16-11-12-27(24,25)13-16)18-17(14-7-3-1-4-8-14)22-20(26-18)15-9-5-2-6-10-15/h1-10,16H,11-13H2,(H,21,23). The Hall–Kier alpha value is -2.51. The van der Waals surface area contributed by atoms with Crippen molar-refractivity contribution in [3.63, 3.8) is 0 Å². The van der Waals surface area contributed by atoms with Crippen LogP contribution in [0.3, 0.4) is 0 Å². The quantitative estimate of drug-likeness (QED) is 0.731. The average Bonchev–Trinajstić information content (AvgIpc) is 3.27. The van der Waals surface area contributed by atoms with E-state index in [9.17, 15) is 13.2 Å². The van der Waals surface area contributed by atoms with E-state index in [1.807, 2.05) is 60.7 Å². The van der Waals surface area contributed by atoms with Gasteiger partial charge < -0.3 is 5.32 Å². The lowest BCUT2D eigenvalue weighted by Crippen LogP contribution is -2.35. The largest absolute Gasteiger partial charge is 0.347 e. The van der Waals surface area contributed by atoms with E-state index in [0.29, 0.717) is 17.0 Å². The number of hydrogen-bond donors (Lipinski definition) is 1. The lowest BCUT2D eigenvalue weighted by molar-refractivity contribution is 0.0945. The van der Waals surface area contributed by atoms with Crippen LogP contribution in [0.25, 0.3) is 21.8 Å². The predicted octanol–water partition coefficient (Wildman–Crippen LogP) is 3.39. The number of aromatic nitrogens is 1. The molecule has 27 heavy (non-hydrogen) atoms. The first-order valence-electron chi connectivity index (χ1n) is 8.65. The Morgan fingerprint density at radius 1 is 1.00 bits per heavy atom. The highest BCUT2D eigenvalue weighted by atomic mass is 32.2. The molecule has 0 radical (unpaired) electrons. The van der Waals surface area contributed by atoms with Gasteiger partial charge in [0, 0.05) is 17.2 Å². The molecule has 1 aromatic heterocycles. The van der Waals surface area contributed by atoms with Gasteiger partial charge in [0.15, 0.2) is 9.84 Å². The third kappa shape index (κ3) is 3.94. The Morgan fingerprint density at radius 2 is 1.63 bits per heavy atom. The van der Waals surface area contributed by atoms with E-state index in [2.05, 4.69) is 5.32 Å². The second-order valence-electron chi connectivity index (χ2n) is 6.50. The number of carbonyl (C=O) groups is 1. The first kappa shape index (κ1) is 17.9. The summed E-state index contributed by atoms with van der Waals surface area (Å²) in [7, 11) is -3.05. The summed E-state index contributed by atoms with van der Waals surface area (Å²) in [5.41, 5.74) is 2.43. The number of amides is 1. The molecule has 1 fully saturated rings. The fraction of sp³-hybridized carbons (Fsp3) is 0.200. The third-order valence-corrected chi connectivity index (χ3v) is 7.34. The lowest BCUT2D eigenvalue weighted by atomic mass is 10.1. The van der Waals surface area contributed by atoms with Crippen molar-refractivity contribution >= 4 is 27.1 Å². The SMILES string of the molecule is O=C(NC1CCS(=O)(=O)C1)c1sc(-c2ccccc2)nc1-c1ccccc1. The van der Waals surface area contributed by atoms with Gasteiger partial charge >= 0.3 is 0 Å². The minimum atomic E-state index is -3.05. The van der Waals surface area contributed by atoms with Gasteiger partial charge in [0.05, 0.1) is 17.2 Å². The minimum absolute atomic E-state index is 0.00373. The zero-order chi connectivity index (χ0) is 18.9. The molecule has 1 N–H and O–H groups in total. The van der Waals surface area contributed by atoms with Gasteiger partial charge in [0.1, 0.15) is 9.88 Å². The molecule has 7 heteroatoms. The van der Waals surface area contributed by atoms with Crippen molar-refractivity contribution in [2.75, 3.05) is 11.5 Å². The Balaban J connectivity index is 1.70. The number of hydrogen-bond acceptors (Lipinski definition) is 5. The zero-order valence-corrected chi connectivity index (χ0v) is 16.1. The summed E-state index contributed by atoms with van der Waals surface area (Å²) < 4.78 is 23.4. The summed E-state index contributed by atoms with van der Waals surface area (Å²) in [5.74, 6) is -0.138. The van der Waals surface area contributed by atoms with Crippen LogP contribution in [0.15, 0.2) is 60.7 Å². The molecule has 2 aromatic carbocycles. The second kappa shape index (κ2) is 7.25. The molecule has 0 spiro atoms. The van der Waals surface area contributed by atoms with Crippen LogP contribution in [-0.2, 0) is 9.84 Å². The normalized spacial score (nSPS) is 18.3. The fourth-order valence-corrected chi connectivity index (χ4v) is 5.80. The molecule has 0 bridgehead atoms. The Labute approximate surface area is 162 Å². The molecule has 3 aromatic rings. The molecule has 1 aliphatic rings. The maximum Gasteiger partial charge on any atom is 0.263 e. The average molecular weight is 399 g/mol. The molecule has 1 unspecified atom stereocenters. The Morgan fingerprint density at radius 3 is 2.22 bits per heavy atom. The van der Waals surface area contributed by atoms with Gasteiger partial charge in [0.2, 0.25) is 0 Å². The summed E-state index contributed by atoms with van der Waals surface area (Å²) in [6.45, 7) is 0. The summed E-state index contributed by atoms with van der Waals surface area (Å²) in [6.07, 6.45) is 0.457. The van der Waals surface area contributed by atoms with Gasteiger partial charge in [-0.25, -0.2) is 13.4 Å². The molecule has 2 heterocycles. The molecular weight excluding hydrogens is 380 g/mol. The molecular formula is C20H18N2O3S2. The van der Waals surface area contributed by atoms with Gasteiger partial charge in [-0.2, -0.15) is 0 Å². The monoisotopic (exact) mass is 398 g/mol. The number of rotatable bonds is 4. The van der Waals surface area contributed by atoms with Crippen molar-refractivity contribution in [3.8, 4) is 21.8 Å². The molecule has 1 saturated heterocycles. The number of nitrogens with one attached hydrogen (secondary N) is 1. The summed E-state index contributed by atoms with van der Waals surface area (Å²) in [5, 5.41) is 3.64. The van der Waals surface area contributed by atoms with E-state index in [-0.39, 0.29) is 23.5 Å². The highest BCUT2D eigenvalue weighted by molar-refractivity contribution is 7.91.